The lowest BCUT2D eigenvalue weighted by atomic mass is 9.94. The number of pyridine rings is 1. The van der Waals surface area contributed by atoms with Crippen molar-refractivity contribution in [3.8, 4) is 0 Å². The number of hydrogen-bond acceptors (Lipinski definition) is 5. The molecule has 2 N–H and O–H groups in total. The molecule has 0 amide bonds. The first kappa shape index (κ1) is 20.5. The number of fused-ring (bicyclic) bond motifs is 1. The number of aromatic nitrogens is 2. The van der Waals surface area contributed by atoms with E-state index in [1.165, 1.54) is 25.7 Å². The molecule has 3 aromatic rings. The number of carbonyl (C=O) groups is 1. The Hall–Kier alpha value is -3.35. The number of rotatable bonds is 5. The van der Waals surface area contributed by atoms with Crippen molar-refractivity contribution in [3.63, 3.8) is 0 Å². The van der Waals surface area contributed by atoms with Gasteiger partial charge in [0.1, 0.15) is 11.5 Å². The smallest absolute Gasteiger partial charge is 0.337 e. The summed E-state index contributed by atoms with van der Waals surface area (Å²) in [5.41, 5.74) is 3.62. The van der Waals surface area contributed by atoms with Gasteiger partial charge in [-0.2, -0.15) is 0 Å². The van der Waals surface area contributed by atoms with E-state index in [0.29, 0.717) is 16.7 Å². The molecule has 1 aromatic carbocycles. The highest BCUT2D eigenvalue weighted by Gasteiger charge is 2.44. The Labute approximate surface area is 186 Å². The van der Waals surface area contributed by atoms with Crippen LogP contribution in [-0.2, 0) is 0 Å². The number of aromatic carboxylic acids is 1. The van der Waals surface area contributed by atoms with Gasteiger partial charge in [-0.15, -0.1) is 0 Å². The van der Waals surface area contributed by atoms with Crippen LogP contribution in [0.4, 0.5) is 11.5 Å². The van der Waals surface area contributed by atoms with Crippen LogP contribution in [0.25, 0.3) is 5.65 Å². The SMILES string of the molecule is Cc1cc([C@H](C)Nc2ccccc2C(=O)O)c2nc(N3CCC4(CC3)CC4)cc(=O)n2c1. The summed E-state index contributed by atoms with van der Waals surface area (Å²) in [5.74, 6) is -0.252. The van der Waals surface area contributed by atoms with Gasteiger partial charge in [-0.25, -0.2) is 9.78 Å². The first-order valence-corrected chi connectivity index (χ1v) is 11.2. The molecule has 2 fully saturated rings. The van der Waals surface area contributed by atoms with Crippen LogP contribution in [-0.4, -0.2) is 33.6 Å². The van der Waals surface area contributed by atoms with Gasteiger partial charge in [0.25, 0.3) is 5.56 Å². The van der Waals surface area contributed by atoms with Gasteiger partial charge < -0.3 is 15.3 Å². The van der Waals surface area contributed by atoms with Crippen molar-refractivity contribution < 1.29 is 9.90 Å². The van der Waals surface area contributed by atoms with E-state index in [9.17, 15) is 14.7 Å². The van der Waals surface area contributed by atoms with Gasteiger partial charge >= 0.3 is 5.97 Å². The van der Waals surface area contributed by atoms with Crippen LogP contribution in [0.1, 0.15) is 60.1 Å². The van der Waals surface area contributed by atoms with E-state index >= 15 is 0 Å². The molecule has 1 aliphatic heterocycles. The van der Waals surface area contributed by atoms with Crippen LogP contribution in [0.15, 0.2) is 47.4 Å². The molecule has 7 nitrogen and oxygen atoms in total. The molecule has 0 unspecified atom stereocenters. The first-order valence-electron chi connectivity index (χ1n) is 11.2. The maximum absolute atomic E-state index is 13.0. The fourth-order valence-electron chi connectivity index (χ4n) is 4.83. The second-order valence-electron chi connectivity index (χ2n) is 9.32. The monoisotopic (exact) mass is 432 g/mol. The molecule has 1 spiro atoms. The van der Waals surface area contributed by atoms with Gasteiger partial charge in [0.2, 0.25) is 0 Å². The predicted molar refractivity (Wildman–Crippen MR) is 125 cm³/mol. The van der Waals surface area contributed by atoms with Crippen LogP contribution in [0.5, 0.6) is 0 Å². The number of piperidine rings is 1. The van der Waals surface area contributed by atoms with Crippen LogP contribution in [0, 0.1) is 12.3 Å². The van der Waals surface area contributed by atoms with Crippen LogP contribution in [0.3, 0.4) is 0 Å². The summed E-state index contributed by atoms with van der Waals surface area (Å²) in [6.45, 7) is 5.78. The van der Waals surface area contributed by atoms with Crippen molar-refractivity contribution in [3.05, 3.63) is 69.6 Å². The van der Waals surface area contributed by atoms with E-state index in [1.54, 1.807) is 34.7 Å². The lowest BCUT2D eigenvalue weighted by molar-refractivity contribution is 0.0698. The minimum atomic E-state index is -0.982. The zero-order valence-corrected chi connectivity index (χ0v) is 18.5. The molecule has 166 valence electrons. The summed E-state index contributed by atoms with van der Waals surface area (Å²) < 4.78 is 1.60. The minimum Gasteiger partial charge on any atom is -0.478 e. The molecule has 5 rings (SSSR count). The highest BCUT2D eigenvalue weighted by Crippen LogP contribution is 2.53. The van der Waals surface area contributed by atoms with Gasteiger partial charge in [0, 0.05) is 36.6 Å². The number of anilines is 2. The average molecular weight is 433 g/mol. The zero-order valence-electron chi connectivity index (χ0n) is 18.5. The minimum absolute atomic E-state index is 0.0974. The van der Waals surface area contributed by atoms with Crippen molar-refractivity contribution in [1.82, 2.24) is 9.38 Å². The second kappa shape index (κ2) is 7.65. The highest BCUT2D eigenvalue weighted by molar-refractivity contribution is 5.94. The topological polar surface area (TPSA) is 86.9 Å². The van der Waals surface area contributed by atoms with Crippen molar-refractivity contribution >= 4 is 23.1 Å². The third-order valence-corrected chi connectivity index (χ3v) is 7.01. The van der Waals surface area contributed by atoms with Crippen molar-refractivity contribution in [2.75, 3.05) is 23.3 Å². The highest BCUT2D eigenvalue weighted by atomic mass is 16.4. The number of benzene rings is 1. The van der Waals surface area contributed by atoms with E-state index in [4.69, 9.17) is 4.98 Å². The van der Waals surface area contributed by atoms with Crippen molar-refractivity contribution in [2.45, 2.75) is 45.6 Å². The third-order valence-electron chi connectivity index (χ3n) is 7.01. The average Bonchev–Trinajstić information content (AvgIpc) is 3.53. The second-order valence-corrected chi connectivity index (χ2v) is 9.32. The number of nitrogens with one attached hydrogen (secondary N) is 1. The number of aryl methyl sites for hydroxylation is 1. The standard InChI is InChI=1S/C25H28N4O3/c1-16-13-19(17(2)26-20-6-4-3-5-18(20)24(31)32)23-27-21(14-22(30)29(23)15-16)28-11-9-25(7-8-25)10-12-28/h3-6,13-15,17,26H,7-12H2,1-2H3,(H,31,32)/t17-/m0/s1. The molecule has 1 saturated carbocycles. The van der Waals surface area contributed by atoms with E-state index in [1.807, 2.05) is 26.1 Å². The fourth-order valence-corrected chi connectivity index (χ4v) is 4.83. The Morgan fingerprint density at radius 1 is 1.16 bits per heavy atom. The summed E-state index contributed by atoms with van der Waals surface area (Å²) in [5, 5.41) is 12.8. The van der Waals surface area contributed by atoms with Crippen molar-refractivity contribution in [2.24, 2.45) is 5.41 Å². The molecule has 2 aliphatic rings. The quantitative estimate of drug-likeness (QED) is 0.627. The van der Waals surface area contributed by atoms with Gasteiger partial charge in [-0.05, 0) is 68.7 Å². The zero-order chi connectivity index (χ0) is 22.5. The molecular weight excluding hydrogens is 404 g/mol. The van der Waals surface area contributed by atoms with Gasteiger partial charge in [0.05, 0.1) is 11.6 Å². The van der Waals surface area contributed by atoms with E-state index in [0.717, 1.165) is 30.0 Å². The van der Waals surface area contributed by atoms with E-state index in [-0.39, 0.29) is 17.2 Å². The van der Waals surface area contributed by atoms with Crippen LogP contribution >= 0.6 is 0 Å². The molecule has 0 bridgehead atoms. The maximum atomic E-state index is 13.0. The lowest BCUT2D eigenvalue weighted by Crippen LogP contribution is -2.36. The van der Waals surface area contributed by atoms with E-state index < -0.39 is 5.97 Å². The van der Waals surface area contributed by atoms with Crippen LogP contribution in [0.2, 0.25) is 0 Å². The predicted octanol–water partition coefficient (Wildman–Crippen LogP) is 4.25. The number of hydrogen-bond donors (Lipinski definition) is 2. The molecule has 1 atom stereocenters. The first-order chi connectivity index (χ1) is 15.3. The summed E-state index contributed by atoms with van der Waals surface area (Å²) >= 11 is 0. The Morgan fingerprint density at radius 3 is 2.56 bits per heavy atom. The number of nitrogens with zero attached hydrogens (tertiary/aromatic N) is 3. The third kappa shape index (κ3) is 3.72. The van der Waals surface area contributed by atoms with Gasteiger partial charge in [-0.1, -0.05) is 12.1 Å². The van der Waals surface area contributed by atoms with E-state index in [2.05, 4.69) is 10.2 Å². The summed E-state index contributed by atoms with van der Waals surface area (Å²) in [7, 11) is 0. The number of carboxylic acids is 1. The molecule has 1 aliphatic carbocycles. The Balaban J connectivity index is 1.53. The Kier molecular flexibility index (Phi) is 4.92. The fraction of sp³-hybridized carbons (Fsp3) is 0.400. The molecule has 2 aromatic heterocycles. The maximum Gasteiger partial charge on any atom is 0.337 e. The van der Waals surface area contributed by atoms with Gasteiger partial charge in [-0.3, -0.25) is 9.20 Å². The largest absolute Gasteiger partial charge is 0.478 e. The van der Waals surface area contributed by atoms with Crippen LogP contribution < -0.4 is 15.8 Å². The summed E-state index contributed by atoms with van der Waals surface area (Å²) in [6, 6.07) is 10.3. The Bertz CT molecular complexity index is 1250. The van der Waals surface area contributed by atoms with Gasteiger partial charge in [0.15, 0.2) is 0 Å². The summed E-state index contributed by atoms with van der Waals surface area (Å²) in [6.07, 6.45) is 6.81. The number of para-hydroxylation sites is 1. The summed E-state index contributed by atoms with van der Waals surface area (Å²) in [4.78, 5) is 31.8. The molecule has 1 saturated heterocycles. The molecule has 32 heavy (non-hydrogen) atoms. The molecular formula is C25H28N4O3. The number of carboxylic acid groups (broad SMARTS) is 1. The van der Waals surface area contributed by atoms with Crippen molar-refractivity contribution in [1.29, 1.82) is 0 Å². The normalized spacial score (nSPS) is 18.0. The molecule has 7 heteroatoms. The lowest BCUT2D eigenvalue weighted by Gasteiger charge is -2.33. The molecule has 0 radical (unpaired) electrons. The molecule has 3 heterocycles. The Morgan fingerprint density at radius 2 is 1.88 bits per heavy atom.